The quantitative estimate of drug-likeness (QED) is 0.714. The minimum Gasteiger partial charge on any atom is -0.383 e. The lowest BCUT2D eigenvalue weighted by molar-refractivity contribution is 0.183. The largest absolute Gasteiger partial charge is 0.383 e. The van der Waals surface area contributed by atoms with Crippen LogP contribution in [0.4, 0.5) is 0 Å². The lowest BCUT2D eigenvalue weighted by Gasteiger charge is -1.96. The van der Waals surface area contributed by atoms with Crippen molar-refractivity contribution < 1.29 is 4.74 Å². The van der Waals surface area contributed by atoms with Gasteiger partial charge in [0.25, 0.3) is 0 Å². The Hall–Kier alpha value is -0.900. The molecule has 0 aliphatic rings. The third-order valence-corrected chi connectivity index (χ3v) is 1.47. The van der Waals surface area contributed by atoms with Gasteiger partial charge < -0.3 is 4.74 Å². The van der Waals surface area contributed by atoms with Crippen LogP contribution in [0.1, 0.15) is 26.5 Å². The number of rotatable bonds is 4. The number of methoxy groups -OCH3 is 1. The fourth-order valence-corrected chi connectivity index (χ4v) is 0.795. The summed E-state index contributed by atoms with van der Waals surface area (Å²) in [5, 5.41) is 7.86. The molecule has 0 radical (unpaired) electrons. The molecule has 0 spiro atoms. The monoisotopic (exact) mass is 185 g/mol. The Kier molecular flexibility index (Phi) is 7.20. The first-order valence-electron chi connectivity index (χ1n) is 4.74. The topological polar surface area (TPSA) is 39.9 Å². The van der Waals surface area contributed by atoms with E-state index in [-0.39, 0.29) is 0 Å². The summed E-state index contributed by atoms with van der Waals surface area (Å²) in [4.78, 5) is 0. The Balaban J connectivity index is 0.000000671. The van der Waals surface area contributed by atoms with Crippen molar-refractivity contribution in [2.24, 2.45) is 0 Å². The SMILES string of the molecule is CC.CCc1cn(CCOC)nn1. The van der Waals surface area contributed by atoms with Crippen molar-refractivity contribution in [3.8, 4) is 0 Å². The van der Waals surface area contributed by atoms with Crippen molar-refractivity contribution in [1.29, 1.82) is 0 Å². The number of hydrogen-bond donors (Lipinski definition) is 0. The summed E-state index contributed by atoms with van der Waals surface area (Å²) < 4.78 is 6.69. The molecule has 0 saturated carbocycles. The molecule has 4 nitrogen and oxygen atoms in total. The fraction of sp³-hybridized carbons (Fsp3) is 0.778. The second-order valence-electron chi connectivity index (χ2n) is 2.32. The number of aromatic nitrogens is 3. The first-order valence-corrected chi connectivity index (χ1v) is 4.74. The van der Waals surface area contributed by atoms with Gasteiger partial charge in [0, 0.05) is 13.3 Å². The third-order valence-electron chi connectivity index (χ3n) is 1.47. The Morgan fingerprint density at radius 1 is 1.46 bits per heavy atom. The maximum Gasteiger partial charge on any atom is 0.0824 e. The highest BCUT2D eigenvalue weighted by Gasteiger charge is 1.95. The third kappa shape index (κ3) is 4.62. The summed E-state index contributed by atoms with van der Waals surface area (Å²) in [7, 11) is 1.68. The van der Waals surface area contributed by atoms with Gasteiger partial charge in [-0.05, 0) is 6.42 Å². The van der Waals surface area contributed by atoms with Gasteiger partial charge >= 0.3 is 0 Å². The van der Waals surface area contributed by atoms with Gasteiger partial charge in [-0.2, -0.15) is 0 Å². The summed E-state index contributed by atoms with van der Waals surface area (Å²) in [5.41, 5.74) is 1.03. The second-order valence-corrected chi connectivity index (χ2v) is 2.32. The van der Waals surface area contributed by atoms with E-state index in [1.54, 1.807) is 11.8 Å². The molecule has 0 bridgehead atoms. The molecule has 0 aromatic carbocycles. The first kappa shape index (κ1) is 12.1. The van der Waals surface area contributed by atoms with Crippen LogP contribution >= 0.6 is 0 Å². The van der Waals surface area contributed by atoms with Gasteiger partial charge in [0.15, 0.2) is 0 Å². The molecule has 0 fully saturated rings. The highest BCUT2D eigenvalue weighted by Crippen LogP contribution is 1.92. The molecule has 0 amide bonds. The van der Waals surface area contributed by atoms with Gasteiger partial charge in [0.2, 0.25) is 0 Å². The van der Waals surface area contributed by atoms with Crippen LogP contribution in [-0.4, -0.2) is 28.7 Å². The van der Waals surface area contributed by atoms with Crippen molar-refractivity contribution in [2.75, 3.05) is 13.7 Å². The maximum atomic E-state index is 4.90. The molecule has 0 N–H and O–H groups in total. The van der Waals surface area contributed by atoms with Crippen LogP contribution in [0.15, 0.2) is 6.20 Å². The smallest absolute Gasteiger partial charge is 0.0824 e. The summed E-state index contributed by atoms with van der Waals surface area (Å²) in [6, 6.07) is 0. The molecule has 0 aliphatic carbocycles. The molecule has 13 heavy (non-hydrogen) atoms. The van der Waals surface area contributed by atoms with Crippen molar-refractivity contribution in [3.63, 3.8) is 0 Å². The molecular formula is C9H19N3O. The Labute approximate surface area is 79.9 Å². The Bertz CT molecular complexity index is 210. The van der Waals surface area contributed by atoms with E-state index in [1.807, 2.05) is 20.0 Å². The summed E-state index contributed by atoms with van der Waals surface area (Å²) >= 11 is 0. The van der Waals surface area contributed by atoms with Crippen LogP contribution < -0.4 is 0 Å². The van der Waals surface area contributed by atoms with Crippen LogP contribution in [0.25, 0.3) is 0 Å². The molecule has 1 rings (SSSR count). The van der Waals surface area contributed by atoms with Crippen molar-refractivity contribution in [2.45, 2.75) is 33.7 Å². The highest BCUT2D eigenvalue weighted by atomic mass is 16.5. The van der Waals surface area contributed by atoms with E-state index in [4.69, 9.17) is 4.74 Å². The molecule has 1 heterocycles. The summed E-state index contributed by atoms with van der Waals surface area (Å²) in [6.45, 7) is 7.53. The first-order chi connectivity index (χ1) is 6.36. The van der Waals surface area contributed by atoms with E-state index < -0.39 is 0 Å². The number of nitrogens with zero attached hydrogens (tertiary/aromatic N) is 3. The molecule has 4 heteroatoms. The van der Waals surface area contributed by atoms with E-state index in [1.165, 1.54) is 0 Å². The number of hydrogen-bond acceptors (Lipinski definition) is 3. The molecule has 76 valence electrons. The Morgan fingerprint density at radius 3 is 2.62 bits per heavy atom. The second kappa shape index (κ2) is 7.73. The van der Waals surface area contributed by atoms with Gasteiger partial charge in [0.1, 0.15) is 0 Å². The predicted octanol–water partition coefficient (Wildman–Crippen LogP) is 1.51. The minimum absolute atomic E-state index is 0.687. The molecule has 0 saturated heterocycles. The lowest BCUT2D eigenvalue weighted by Crippen LogP contribution is -2.04. The predicted molar refractivity (Wildman–Crippen MR) is 52.6 cm³/mol. The van der Waals surface area contributed by atoms with Crippen molar-refractivity contribution in [3.05, 3.63) is 11.9 Å². The van der Waals surface area contributed by atoms with Gasteiger partial charge in [-0.1, -0.05) is 26.0 Å². The molecule has 0 unspecified atom stereocenters. The zero-order valence-electron chi connectivity index (χ0n) is 8.95. The maximum absolute atomic E-state index is 4.90. The van der Waals surface area contributed by atoms with E-state index in [2.05, 4.69) is 17.2 Å². The minimum atomic E-state index is 0.687. The van der Waals surface area contributed by atoms with Crippen molar-refractivity contribution in [1.82, 2.24) is 15.0 Å². The Morgan fingerprint density at radius 2 is 2.15 bits per heavy atom. The average Bonchev–Trinajstić information content (AvgIpc) is 2.65. The van der Waals surface area contributed by atoms with Crippen LogP contribution in [-0.2, 0) is 17.7 Å². The number of aryl methyl sites for hydroxylation is 1. The van der Waals surface area contributed by atoms with Crippen LogP contribution in [0, 0.1) is 0 Å². The normalized spacial score (nSPS) is 9.23. The zero-order valence-corrected chi connectivity index (χ0v) is 8.95. The zero-order chi connectivity index (χ0) is 10.1. The van der Waals surface area contributed by atoms with E-state index >= 15 is 0 Å². The van der Waals surface area contributed by atoms with Crippen LogP contribution in [0.3, 0.4) is 0 Å². The highest BCUT2D eigenvalue weighted by molar-refractivity contribution is 4.90. The fourth-order valence-electron chi connectivity index (χ4n) is 0.795. The van der Waals surface area contributed by atoms with E-state index in [9.17, 15) is 0 Å². The molecule has 1 aromatic heterocycles. The van der Waals surface area contributed by atoms with Gasteiger partial charge in [-0.15, -0.1) is 5.10 Å². The van der Waals surface area contributed by atoms with E-state index in [0.717, 1.165) is 18.7 Å². The molecule has 0 atom stereocenters. The lowest BCUT2D eigenvalue weighted by atomic mass is 10.4. The van der Waals surface area contributed by atoms with Gasteiger partial charge in [-0.3, -0.25) is 0 Å². The standard InChI is InChI=1S/C7H13N3O.C2H6/c1-3-7-6-10(9-8-7)4-5-11-2;1-2/h6H,3-5H2,1-2H3;1-2H3. The molecular weight excluding hydrogens is 166 g/mol. The van der Waals surface area contributed by atoms with Crippen LogP contribution in [0.2, 0.25) is 0 Å². The van der Waals surface area contributed by atoms with Crippen LogP contribution in [0.5, 0.6) is 0 Å². The van der Waals surface area contributed by atoms with Gasteiger partial charge in [0.05, 0.1) is 18.8 Å². The summed E-state index contributed by atoms with van der Waals surface area (Å²) in [5.74, 6) is 0. The van der Waals surface area contributed by atoms with E-state index in [0.29, 0.717) is 6.61 Å². The number of ether oxygens (including phenoxy) is 1. The summed E-state index contributed by atoms with van der Waals surface area (Å²) in [6.07, 6.45) is 2.88. The molecule has 1 aromatic rings. The molecule has 0 aliphatic heterocycles. The van der Waals surface area contributed by atoms with Crippen molar-refractivity contribution >= 4 is 0 Å². The average molecular weight is 185 g/mol. The van der Waals surface area contributed by atoms with Gasteiger partial charge in [-0.25, -0.2) is 4.68 Å².